The van der Waals surface area contributed by atoms with Gasteiger partial charge in [-0.3, -0.25) is 4.79 Å². The summed E-state index contributed by atoms with van der Waals surface area (Å²) in [5, 5.41) is 16.2. The molecule has 216 valence electrons. The van der Waals surface area contributed by atoms with Crippen LogP contribution in [0.1, 0.15) is 45.1 Å². The highest BCUT2D eigenvalue weighted by Gasteiger charge is 2.23. The van der Waals surface area contributed by atoms with Crippen LogP contribution >= 0.6 is 0 Å². The third-order valence-electron chi connectivity index (χ3n) is 6.62. The van der Waals surface area contributed by atoms with E-state index in [0.29, 0.717) is 18.0 Å². The molecular weight excluding hydrogens is 511 g/mol. The normalized spacial score (nSPS) is 14.9. The zero-order chi connectivity index (χ0) is 28.9. The van der Waals surface area contributed by atoms with Crippen LogP contribution in [0.3, 0.4) is 0 Å². The monoisotopic (exact) mass is 552 g/mol. The van der Waals surface area contributed by atoms with Crippen LogP contribution in [-0.2, 0) is 4.79 Å². The number of ether oxygens (including phenoxy) is 2. The molecule has 5 rings (SSSR count). The lowest BCUT2D eigenvalue weighted by molar-refractivity contribution is -0.134. The van der Waals surface area contributed by atoms with Gasteiger partial charge in [0.15, 0.2) is 0 Å². The van der Waals surface area contributed by atoms with Crippen LogP contribution in [0.5, 0.6) is 17.2 Å². The lowest BCUT2D eigenvalue weighted by Crippen LogP contribution is -2.38. The van der Waals surface area contributed by atoms with E-state index in [9.17, 15) is 4.39 Å². The molecule has 0 aliphatic carbocycles. The van der Waals surface area contributed by atoms with E-state index in [1.54, 1.807) is 24.3 Å². The molecule has 2 saturated heterocycles. The van der Waals surface area contributed by atoms with Crippen LogP contribution < -0.4 is 19.3 Å². The maximum Gasteiger partial charge on any atom is 0.300 e. The summed E-state index contributed by atoms with van der Waals surface area (Å²) in [6, 6.07) is 20.6. The molecule has 3 aromatic carbocycles. The molecular formula is C32H41FN2O5. The summed E-state index contributed by atoms with van der Waals surface area (Å²) in [6.07, 6.45) is 4.50. The van der Waals surface area contributed by atoms with Crippen LogP contribution in [0.4, 0.5) is 15.8 Å². The van der Waals surface area contributed by atoms with E-state index in [2.05, 4.69) is 34.1 Å². The molecule has 0 atom stereocenters. The van der Waals surface area contributed by atoms with E-state index in [0.717, 1.165) is 63.0 Å². The molecule has 7 nitrogen and oxygen atoms in total. The minimum absolute atomic E-state index is 0.173. The van der Waals surface area contributed by atoms with Gasteiger partial charge in [-0.15, -0.1) is 0 Å². The summed E-state index contributed by atoms with van der Waals surface area (Å²) in [5.41, 5.74) is 2.99. The lowest BCUT2D eigenvalue weighted by Gasteiger charge is -2.34. The smallest absolute Gasteiger partial charge is 0.300 e. The Morgan fingerprint density at radius 2 is 1.55 bits per heavy atom. The van der Waals surface area contributed by atoms with Crippen molar-refractivity contribution in [3.63, 3.8) is 0 Å². The summed E-state index contributed by atoms with van der Waals surface area (Å²) in [7, 11) is 0. The summed E-state index contributed by atoms with van der Waals surface area (Å²) in [6.45, 7) is 9.41. The molecule has 0 unspecified atom stereocenters. The number of benzene rings is 3. The number of aryl methyl sites for hydroxylation is 1. The van der Waals surface area contributed by atoms with Crippen molar-refractivity contribution >= 4 is 17.3 Å². The van der Waals surface area contributed by atoms with Gasteiger partial charge in [0.05, 0.1) is 12.3 Å². The Balaban J connectivity index is 0.000000306. The first-order valence-corrected chi connectivity index (χ1v) is 13.9. The molecule has 3 aromatic rings. The number of halogens is 1. The summed E-state index contributed by atoms with van der Waals surface area (Å²) >= 11 is 0. The standard InChI is InChI=1S/C23H29FN2O2.C7H8O.C2H4O2/c1-2-27-21-9-10-22(24)23(17-21)26-15-11-20(12-16-26)28-19-7-5-18(6-8-19)25-13-3-4-14-25;1-6-3-2-4-7(8)5-6;1-2(3)4/h5-10,17,20H,2-4,11-16H2,1H3;2-5,8H,1H3;1H3,(H,3,4). The van der Waals surface area contributed by atoms with Crippen LogP contribution in [-0.4, -0.2) is 55.1 Å². The fraction of sp³-hybridized carbons (Fsp3) is 0.406. The second kappa shape index (κ2) is 15.6. The number of hydrogen-bond acceptors (Lipinski definition) is 6. The van der Waals surface area contributed by atoms with Crippen molar-refractivity contribution in [2.75, 3.05) is 42.6 Å². The molecule has 0 radical (unpaired) electrons. The molecule has 2 aliphatic heterocycles. The Kier molecular flexibility index (Phi) is 11.9. The Hall–Kier alpha value is -3.94. The highest BCUT2D eigenvalue weighted by Crippen LogP contribution is 2.29. The maximum atomic E-state index is 14.3. The number of anilines is 2. The first-order valence-electron chi connectivity index (χ1n) is 13.9. The SMILES string of the molecule is CC(=O)O.CCOc1ccc(F)c(N2CCC(Oc3ccc(N4CCCC4)cc3)CC2)c1.Cc1cccc(O)c1. The van der Waals surface area contributed by atoms with Crippen molar-refractivity contribution in [3.8, 4) is 17.2 Å². The van der Waals surface area contributed by atoms with Gasteiger partial charge in [0, 0.05) is 57.7 Å². The molecule has 40 heavy (non-hydrogen) atoms. The Labute approximate surface area is 236 Å². The number of phenolic OH excluding ortho intramolecular Hbond substituents is 1. The second-order valence-electron chi connectivity index (χ2n) is 9.90. The predicted octanol–water partition coefficient (Wildman–Crippen LogP) is 6.66. The number of aromatic hydroxyl groups is 1. The molecule has 0 bridgehead atoms. The van der Waals surface area contributed by atoms with Crippen LogP contribution in [0.25, 0.3) is 0 Å². The Morgan fingerprint density at radius 1 is 0.925 bits per heavy atom. The second-order valence-corrected chi connectivity index (χ2v) is 9.90. The highest BCUT2D eigenvalue weighted by molar-refractivity contribution is 5.63. The lowest BCUT2D eigenvalue weighted by atomic mass is 10.1. The van der Waals surface area contributed by atoms with Gasteiger partial charge < -0.3 is 29.5 Å². The van der Waals surface area contributed by atoms with E-state index in [4.69, 9.17) is 24.5 Å². The molecule has 2 N–H and O–H groups in total. The van der Waals surface area contributed by atoms with E-state index in [-0.39, 0.29) is 11.9 Å². The summed E-state index contributed by atoms with van der Waals surface area (Å²) < 4.78 is 26.0. The number of hydrogen-bond donors (Lipinski definition) is 2. The zero-order valence-electron chi connectivity index (χ0n) is 23.7. The van der Waals surface area contributed by atoms with E-state index < -0.39 is 5.97 Å². The quantitative estimate of drug-likeness (QED) is 0.354. The van der Waals surface area contributed by atoms with Crippen molar-refractivity contribution in [1.29, 1.82) is 0 Å². The third kappa shape index (κ3) is 9.98. The number of piperidine rings is 1. The van der Waals surface area contributed by atoms with E-state index >= 15 is 0 Å². The fourth-order valence-electron chi connectivity index (χ4n) is 4.74. The van der Waals surface area contributed by atoms with Gasteiger partial charge in [-0.1, -0.05) is 12.1 Å². The van der Waals surface area contributed by atoms with Crippen LogP contribution in [0.2, 0.25) is 0 Å². The van der Waals surface area contributed by atoms with Gasteiger partial charge in [0.25, 0.3) is 5.97 Å². The summed E-state index contributed by atoms with van der Waals surface area (Å²) in [4.78, 5) is 13.5. The number of carbonyl (C=O) groups is 1. The van der Waals surface area contributed by atoms with Crippen molar-refractivity contribution < 1.29 is 28.9 Å². The van der Waals surface area contributed by atoms with Gasteiger partial charge in [-0.25, -0.2) is 4.39 Å². The zero-order valence-corrected chi connectivity index (χ0v) is 23.7. The minimum atomic E-state index is -0.833. The molecule has 0 aromatic heterocycles. The highest BCUT2D eigenvalue weighted by atomic mass is 19.1. The van der Waals surface area contributed by atoms with Crippen molar-refractivity contribution in [3.05, 3.63) is 78.1 Å². The van der Waals surface area contributed by atoms with Gasteiger partial charge >= 0.3 is 0 Å². The summed E-state index contributed by atoms with van der Waals surface area (Å²) in [5.74, 6) is 0.951. The van der Waals surface area contributed by atoms with Gasteiger partial charge in [0.1, 0.15) is 29.2 Å². The van der Waals surface area contributed by atoms with Gasteiger partial charge in [0.2, 0.25) is 0 Å². The van der Waals surface area contributed by atoms with Crippen LogP contribution in [0, 0.1) is 12.7 Å². The number of nitrogens with zero attached hydrogens (tertiary/aromatic N) is 2. The van der Waals surface area contributed by atoms with Gasteiger partial charge in [-0.2, -0.15) is 0 Å². The number of aliphatic carboxylic acids is 1. The number of phenols is 1. The van der Waals surface area contributed by atoms with Crippen molar-refractivity contribution in [1.82, 2.24) is 0 Å². The maximum absolute atomic E-state index is 14.3. The molecule has 2 aliphatic rings. The van der Waals surface area contributed by atoms with Crippen molar-refractivity contribution in [2.24, 2.45) is 0 Å². The number of carboxylic acids is 1. The van der Waals surface area contributed by atoms with Crippen molar-refractivity contribution in [2.45, 2.75) is 52.6 Å². The predicted molar refractivity (Wildman–Crippen MR) is 157 cm³/mol. The molecule has 8 heteroatoms. The largest absolute Gasteiger partial charge is 0.508 e. The Bertz CT molecular complexity index is 1170. The van der Waals surface area contributed by atoms with E-state index in [1.807, 2.05) is 26.0 Å². The third-order valence-corrected chi connectivity index (χ3v) is 6.62. The molecule has 2 fully saturated rings. The molecule has 0 saturated carbocycles. The Morgan fingerprint density at radius 3 is 2.10 bits per heavy atom. The van der Waals surface area contributed by atoms with Crippen LogP contribution in [0.15, 0.2) is 66.7 Å². The first kappa shape index (κ1) is 30.6. The average molecular weight is 553 g/mol. The average Bonchev–Trinajstić information content (AvgIpc) is 3.46. The first-order chi connectivity index (χ1) is 19.2. The topological polar surface area (TPSA) is 82.5 Å². The number of carboxylic acid groups (broad SMARTS) is 1. The van der Waals surface area contributed by atoms with Gasteiger partial charge in [-0.05, 0) is 80.8 Å². The molecule has 2 heterocycles. The van der Waals surface area contributed by atoms with E-state index in [1.165, 1.54) is 24.6 Å². The molecule has 0 amide bonds. The number of rotatable bonds is 6. The molecule has 0 spiro atoms. The minimum Gasteiger partial charge on any atom is -0.508 e. The fourth-order valence-corrected chi connectivity index (χ4v) is 4.74.